The average molecular weight is 402 g/mol. The van der Waals surface area contributed by atoms with Crippen LogP contribution in [0.5, 0.6) is 0 Å². The highest BCUT2D eigenvalue weighted by atomic mass is 32.1. The lowest BCUT2D eigenvalue weighted by molar-refractivity contribution is -0.121. The zero-order valence-electron chi connectivity index (χ0n) is 17.2. The van der Waals surface area contributed by atoms with E-state index in [1.54, 1.807) is 11.3 Å². The first-order valence-corrected chi connectivity index (χ1v) is 11.5. The van der Waals surface area contributed by atoms with Gasteiger partial charge in [0, 0.05) is 23.8 Å². The third kappa shape index (κ3) is 4.02. The third-order valence-corrected chi connectivity index (χ3v) is 7.65. The number of carbonyl (C=O) groups excluding carboxylic acids is 1. The maximum atomic E-state index is 12.7. The molecule has 2 heterocycles. The van der Waals surface area contributed by atoms with Gasteiger partial charge < -0.3 is 10.3 Å². The van der Waals surface area contributed by atoms with Crippen molar-refractivity contribution in [3.05, 3.63) is 26.6 Å². The monoisotopic (exact) mass is 401 g/mol. The van der Waals surface area contributed by atoms with Crippen molar-refractivity contribution in [2.24, 2.45) is 11.3 Å². The molecular formula is C22H31N3O2S. The van der Waals surface area contributed by atoms with Crippen molar-refractivity contribution in [2.45, 2.75) is 84.6 Å². The summed E-state index contributed by atoms with van der Waals surface area (Å²) in [5.41, 5.74) is 1.45. The van der Waals surface area contributed by atoms with Crippen LogP contribution in [0, 0.1) is 11.3 Å². The molecule has 1 fully saturated rings. The van der Waals surface area contributed by atoms with E-state index in [-0.39, 0.29) is 16.9 Å². The fraction of sp³-hybridized carbons (Fsp3) is 0.682. The average Bonchev–Trinajstić information content (AvgIpc) is 3.25. The minimum Gasteiger partial charge on any atom is -0.353 e. The van der Waals surface area contributed by atoms with E-state index >= 15 is 0 Å². The standard InChI is InChI=1S/C22H31N3O2S/c1-22(2,3)13-8-9-15-16(12-13)28-21-19(15)20(27)24-17(25-21)10-11-18(26)23-14-6-4-5-7-14/h13-14H,4-12H2,1-3H3,(H,23,26)(H,24,25,27)/t13-/m0/s1. The van der Waals surface area contributed by atoms with Crippen molar-refractivity contribution in [1.29, 1.82) is 0 Å². The number of nitrogens with zero attached hydrogens (tertiary/aromatic N) is 1. The molecule has 152 valence electrons. The summed E-state index contributed by atoms with van der Waals surface area (Å²) in [6, 6.07) is 0.335. The van der Waals surface area contributed by atoms with Crippen LogP contribution >= 0.6 is 11.3 Å². The summed E-state index contributed by atoms with van der Waals surface area (Å²) in [6.07, 6.45) is 8.57. The van der Waals surface area contributed by atoms with E-state index in [1.807, 2.05) is 0 Å². The number of carbonyl (C=O) groups is 1. The van der Waals surface area contributed by atoms with E-state index in [4.69, 9.17) is 4.98 Å². The Morgan fingerprint density at radius 2 is 2.00 bits per heavy atom. The molecule has 4 rings (SSSR count). The second-order valence-electron chi connectivity index (χ2n) is 9.55. The molecule has 1 saturated carbocycles. The van der Waals surface area contributed by atoms with Gasteiger partial charge in [0.2, 0.25) is 5.91 Å². The van der Waals surface area contributed by atoms with E-state index < -0.39 is 0 Å². The van der Waals surface area contributed by atoms with Crippen molar-refractivity contribution in [3.63, 3.8) is 0 Å². The minimum absolute atomic E-state index is 0.0390. The number of thiophene rings is 1. The van der Waals surface area contributed by atoms with Crippen LogP contribution in [0.1, 0.15) is 75.6 Å². The lowest BCUT2D eigenvalue weighted by Gasteiger charge is -2.33. The smallest absolute Gasteiger partial charge is 0.259 e. The zero-order chi connectivity index (χ0) is 19.9. The van der Waals surface area contributed by atoms with Crippen molar-refractivity contribution < 1.29 is 4.79 Å². The van der Waals surface area contributed by atoms with Crippen molar-refractivity contribution in [2.75, 3.05) is 0 Å². The fourth-order valence-corrected chi connectivity index (χ4v) is 6.01. The van der Waals surface area contributed by atoms with Crippen LogP contribution in [0.25, 0.3) is 10.2 Å². The number of aromatic amines is 1. The summed E-state index contributed by atoms with van der Waals surface area (Å²) in [6.45, 7) is 6.90. The number of amides is 1. The highest BCUT2D eigenvalue weighted by molar-refractivity contribution is 7.18. The van der Waals surface area contributed by atoms with Gasteiger partial charge in [-0.25, -0.2) is 4.98 Å². The van der Waals surface area contributed by atoms with Crippen LogP contribution in [-0.4, -0.2) is 21.9 Å². The molecule has 5 nitrogen and oxygen atoms in total. The van der Waals surface area contributed by atoms with Crippen LogP contribution in [0.4, 0.5) is 0 Å². The van der Waals surface area contributed by atoms with Gasteiger partial charge in [-0.1, -0.05) is 33.6 Å². The lowest BCUT2D eigenvalue weighted by Crippen LogP contribution is -2.32. The van der Waals surface area contributed by atoms with E-state index in [2.05, 4.69) is 31.1 Å². The van der Waals surface area contributed by atoms with Gasteiger partial charge in [-0.15, -0.1) is 11.3 Å². The molecule has 6 heteroatoms. The molecule has 2 aliphatic carbocycles. The van der Waals surface area contributed by atoms with Crippen molar-refractivity contribution in [1.82, 2.24) is 15.3 Å². The molecule has 2 aromatic heterocycles. The Morgan fingerprint density at radius 3 is 2.71 bits per heavy atom. The molecule has 0 spiro atoms. The number of rotatable bonds is 4. The van der Waals surface area contributed by atoms with Crippen LogP contribution in [0.15, 0.2) is 4.79 Å². The summed E-state index contributed by atoms with van der Waals surface area (Å²) >= 11 is 1.68. The topological polar surface area (TPSA) is 74.8 Å². The second kappa shape index (κ2) is 7.62. The van der Waals surface area contributed by atoms with E-state index in [9.17, 15) is 9.59 Å². The molecule has 0 aromatic carbocycles. The number of nitrogens with one attached hydrogen (secondary N) is 2. The van der Waals surface area contributed by atoms with Crippen molar-refractivity contribution >= 4 is 27.5 Å². The van der Waals surface area contributed by atoms with Crippen molar-refractivity contribution in [3.8, 4) is 0 Å². The molecule has 0 aliphatic heterocycles. The van der Waals surface area contributed by atoms with Gasteiger partial charge in [-0.3, -0.25) is 9.59 Å². The van der Waals surface area contributed by atoms with Crippen LogP contribution < -0.4 is 10.9 Å². The second-order valence-corrected chi connectivity index (χ2v) is 10.6. The summed E-state index contributed by atoms with van der Waals surface area (Å²) in [5, 5.41) is 3.89. The Hall–Kier alpha value is -1.69. The van der Waals surface area contributed by atoms with Crippen LogP contribution in [-0.2, 0) is 24.1 Å². The molecule has 1 amide bonds. The summed E-state index contributed by atoms with van der Waals surface area (Å²) in [7, 11) is 0. The highest BCUT2D eigenvalue weighted by Gasteiger charge is 2.31. The quantitative estimate of drug-likeness (QED) is 0.809. The Labute approximate surface area is 170 Å². The molecule has 1 atom stereocenters. The number of aryl methyl sites for hydroxylation is 2. The molecule has 0 radical (unpaired) electrons. The Kier molecular flexibility index (Phi) is 5.34. The molecule has 2 N–H and O–H groups in total. The maximum absolute atomic E-state index is 12.7. The summed E-state index contributed by atoms with van der Waals surface area (Å²) in [4.78, 5) is 34.7. The fourth-order valence-electron chi connectivity index (χ4n) is 4.69. The molecule has 0 unspecified atom stereocenters. The first-order valence-electron chi connectivity index (χ1n) is 10.6. The van der Waals surface area contributed by atoms with Crippen LogP contribution in [0.3, 0.4) is 0 Å². The Morgan fingerprint density at radius 1 is 1.25 bits per heavy atom. The minimum atomic E-state index is -0.0390. The third-order valence-electron chi connectivity index (χ3n) is 6.50. The lowest BCUT2D eigenvalue weighted by atomic mass is 9.72. The number of aromatic nitrogens is 2. The Bertz CT molecular complexity index is 932. The van der Waals surface area contributed by atoms with Gasteiger partial charge >= 0.3 is 0 Å². The maximum Gasteiger partial charge on any atom is 0.259 e. The molecule has 2 aliphatic rings. The van der Waals surface area contributed by atoms with Gasteiger partial charge in [-0.2, -0.15) is 0 Å². The molecular weight excluding hydrogens is 370 g/mol. The number of fused-ring (bicyclic) bond motifs is 3. The number of hydrogen-bond donors (Lipinski definition) is 2. The SMILES string of the molecule is CC(C)(C)[C@H]1CCc2c(sc3nc(CCC(=O)NC4CCCC4)[nH]c(=O)c23)C1. The number of H-pyrrole nitrogens is 1. The van der Waals surface area contributed by atoms with Crippen LogP contribution in [0.2, 0.25) is 0 Å². The first-order chi connectivity index (χ1) is 13.3. The van der Waals surface area contributed by atoms with E-state index in [0.29, 0.717) is 30.6 Å². The van der Waals surface area contributed by atoms with Gasteiger partial charge in [0.15, 0.2) is 0 Å². The van der Waals surface area contributed by atoms with Gasteiger partial charge in [0.05, 0.1) is 5.39 Å². The summed E-state index contributed by atoms with van der Waals surface area (Å²) < 4.78 is 0. The van der Waals surface area contributed by atoms with E-state index in [0.717, 1.165) is 42.3 Å². The zero-order valence-corrected chi connectivity index (χ0v) is 18.0. The van der Waals surface area contributed by atoms with Gasteiger partial charge in [-0.05, 0) is 49.0 Å². The van der Waals surface area contributed by atoms with Gasteiger partial charge in [0.25, 0.3) is 5.56 Å². The number of hydrogen-bond acceptors (Lipinski definition) is 4. The molecule has 28 heavy (non-hydrogen) atoms. The Balaban J connectivity index is 1.49. The molecule has 0 saturated heterocycles. The van der Waals surface area contributed by atoms with Gasteiger partial charge in [0.1, 0.15) is 10.7 Å². The normalized spacial score (nSPS) is 20.5. The predicted octanol–water partition coefficient (Wildman–Crippen LogP) is 4.13. The predicted molar refractivity (Wildman–Crippen MR) is 114 cm³/mol. The molecule has 0 bridgehead atoms. The highest BCUT2D eigenvalue weighted by Crippen LogP contribution is 2.41. The molecule has 2 aromatic rings. The van der Waals surface area contributed by atoms with E-state index in [1.165, 1.54) is 23.3 Å². The summed E-state index contributed by atoms with van der Waals surface area (Å²) in [5.74, 6) is 1.34. The first kappa shape index (κ1) is 19.6. The largest absolute Gasteiger partial charge is 0.353 e.